The Kier molecular flexibility index (Phi) is 2.94. The minimum Gasteiger partial charge on any atom is -0.503 e. The Labute approximate surface area is 113 Å². The van der Waals surface area contributed by atoms with E-state index in [1.54, 1.807) is 23.5 Å². The molecule has 3 rings (SSSR count). The van der Waals surface area contributed by atoms with Crippen LogP contribution in [0.4, 0.5) is 0 Å². The maximum Gasteiger partial charge on any atom is 0.268 e. The molecule has 7 heteroatoms. The van der Waals surface area contributed by atoms with Gasteiger partial charge in [-0.25, -0.2) is 0 Å². The third-order valence-electron chi connectivity index (χ3n) is 2.18. The van der Waals surface area contributed by atoms with Crippen molar-refractivity contribution < 1.29 is 5.11 Å². The summed E-state index contributed by atoms with van der Waals surface area (Å²) in [4.78, 5) is 22.9. The first kappa shape index (κ1) is 11.6. The van der Waals surface area contributed by atoms with E-state index in [-0.39, 0.29) is 5.56 Å². The fourth-order valence-electron chi connectivity index (χ4n) is 1.37. The number of hydrogen-bond acceptors (Lipinski definition) is 7. The van der Waals surface area contributed by atoms with E-state index in [9.17, 15) is 14.7 Å². The van der Waals surface area contributed by atoms with Crippen LogP contribution < -0.4 is 10.9 Å². The molecule has 0 amide bonds. The maximum absolute atomic E-state index is 11.3. The summed E-state index contributed by atoms with van der Waals surface area (Å²) < 4.78 is 2.26. The molecule has 0 radical (unpaired) electrons. The molecule has 2 aliphatic rings. The number of thioether (sulfide) groups is 4. The molecule has 0 bridgehead atoms. The average molecular weight is 300 g/mol. The van der Waals surface area contributed by atoms with Gasteiger partial charge in [-0.15, -0.1) is 0 Å². The van der Waals surface area contributed by atoms with Crippen molar-refractivity contribution in [2.24, 2.45) is 0 Å². The highest BCUT2D eigenvalue weighted by Gasteiger charge is 2.28. The molecule has 1 aromatic rings. The smallest absolute Gasteiger partial charge is 0.268 e. The van der Waals surface area contributed by atoms with Gasteiger partial charge in [0.1, 0.15) is 0 Å². The van der Waals surface area contributed by atoms with E-state index in [2.05, 4.69) is 0 Å². The fourth-order valence-corrected chi connectivity index (χ4v) is 5.87. The second-order valence-electron chi connectivity index (χ2n) is 3.17. The number of hydrogen-bond donors (Lipinski definition) is 1. The van der Waals surface area contributed by atoms with E-state index in [1.807, 2.05) is 16.2 Å². The van der Waals surface area contributed by atoms with Crippen LogP contribution in [0.1, 0.15) is 5.56 Å². The van der Waals surface area contributed by atoms with Crippen LogP contribution in [0.15, 0.2) is 34.3 Å². The first-order valence-electron chi connectivity index (χ1n) is 4.48. The monoisotopic (exact) mass is 300 g/mol. The third-order valence-corrected chi connectivity index (χ3v) is 7.22. The van der Waals surface area contributed by atoms with Crippen LogP contribution in [-0.2, 0) is 0 Å². The fraction of sp³-hybridized carbons (Fsp3) is 0. The van der Waals surface area contributed by atoms with Gasteiger partial charge in [0.15, 0.2) is 5.75 Å². The highest BCUT2D eigenvalue weighted by Crippen LogP contribution is 2.55. The summed E-state index contributed by atoms with van der Waals surface area (Å²) in [5.74, 6) is -0.398. The van der Waals surface area contributed by atoms with Gasteiger partial charge >= 0.3 is 0 Å². The topological polar surface area (TPSA) is 54.4 Å². The van der Waals surface area contributed by atoms with E-state index in [0.717, 1.165) is 4.24 Å². The Morgan fingerprint density at radius 2 is 1.65 bits per heavy atom. The standard InChI is InChI=1S/C10H4O3S4/c11-6-5(7(12)8(6)13)4-3-16-10(17-4)9-14-1-2-15-9/h1-3,11H. The zero-order valence-electron chi connectivity index (χ0n) is 8.13. The van der Waals surface area contributed by atoms with Gasteiger partial charge in [0, 0.05) is 4.91 Å². The Balaban J connectivity index is 1.88. The Morgan fingerprint density at radius 1 is 0.941 bits per heavy atom. The Hall–Kier alpha value is -0.500. The van der Waals surface area contributed by atoms with Crippen molar-refractivity contribution >= 4 is 52.0 Å². The van der Waals surface area contributed by atoms with Crippen molar-refractivity contribution in [2.75, 3.05) is 0 Å². The van der Waals surface area contributed by atoms with Crippen LogP contribution in [-0.4, -0.2) is 5.11 Å². The first-order valence-corrected chi connectivity index (χ1v) is 7.94. The molecule has 2 aliphatic heterocycles. The molecule has 0 atom stereocenters. The molecule has 1 N–H and O–H groups in total. The van der Waals surface area contributed by atoms with Crippen LogP contribution in [0.2, 0.25) is 0 Å². The molecule has 0 fully saturated rings. The molecule has 17 heavy (non-hydrogen) atoms. The maximum atomic E-state index is 11.3. The zero-order chi connectivity index (χ0) is 12.0. The van der Waals surface area contributed by atoms with Crippen molar-refractivity contribution in [2.45, 2.75) is 0 Å². The lowest BCUT2D eigenvalue weighted by atomic mass is 10.1. The van der Waals surface area contributed by atoms with Crippen LogP contribution >= 0.6 is 47.0 Å². The predicted octanol–water partition coefficient (Wildman–Crippen LogP) is 2.84. The van der Waals surface area contributed by atoms with Crippen LogP contribution in [0.3, 0.4) is 0 Å². The summed E-state index contributed by atoms with van der Waals surface area (Å²) >= 11 is 6.23. The molecule has 0 aromatic heterocycles. The van der Waals surface area contributed by atoms with Gasteiger partial charge in [0.05, 0.1) is 14.0 Å². The highest BCUT2D eigenvalue weighted by molar-refractivity contribution is 8.35. The summed E-state index contributed by atoms with van der Waals surface area (Å²) in [5, 5.41) is 15.2. The molecule has 0 aliphatic carbocycles. The second-order valence-corrected chi connectivity index (χ2v) is 7.45. The zero-order valence-corrected chi connectivity index (χ0v) is 11.4. The summed E-state index contributed by atoms with van der Waals surface area (Å²) in [5.41, 5.74) is -1.19. The van der Waals surface area contributed by atoms with Crippen molar-refractivity contribution in [1.82, 2.24) is 0 Å². The van der Waals surface area contributed by atoms with E-state index in [4.69, 9.17) is 0 Å². The molecular weight excluding hydrogens is 296 g/mol. The molecule has 1 aromatic carbocycles. The normalized spacial score (nSPS) is 19.4. The van der Waals surface area contributed by atoms with Gasteiger partial charge in [-0.2, -0.15) is 0 Å². The lowest BCUT2D eigenvalue weighted by molar-refractivity contribution is 0.461. The summed E-state index contributed by atoms with van der Waals surface area (Å²) in [6.45, 7) is 0. The SMILES string of the molecule is O=c1c(O)c(C2=CSC(=C3SC=CS3)S2)c1=O. The van der Waals surface area contributed by atoms with Crippen LogP contribution in [0.5, 0.6) is 5.75 Å². The lowest BCUT2D eigenvalue weighted by Gasteiger charge is -2.05. The van der Waals surface area contributed by atoms with Crippen LogP contribution in [0.25, 0.3) is 4.91 Å². The molecule has 0 saturated heterocycles. The summed E-state index contributed by atoms with van der Waals surface area (Å²) in [7, 11) is 0. The third kappa shape index (κ3) is 1.81. The van der Waals surface area contributed by atoms with E-state index >= 15 is 0 Å². The lowest BCUT2D eigenvalue weighted by Crippen LogP contribution is -2.33. The largest absolute Gasteiger partial charge is 0.503 e. The van der Waals surface area contributed by atoms with Gasteiger partial charge in [-0.3, -0.25) is 9.59 Å². The van der Waals surface area contributed by atoms with Crippen molar-refractivity contribution in [3.8, 4) is 5.75 Å². The van der Waals surface area contributed by atoms with Crippen molar-refractivity contribution in [3.63, 3.8) is 0 Å². The molecule has 0 saturated carbocycles. The predicted molar refractivity (Wildman–Crippen MR) is 77.5 cm³/mol. The van der Waals surface area contributed by atoms with Crippen LogP contribution in [0, 0.1) is 0 Å². The Bertz CT molecular complexity index is 651. The summed E-state index contributed by atoms with van der Waals surface area (Å²) in [6.07, 6.45) is 0. The minimum atomic E-state index is -0.779. The molecule has 0 spiro atoms. The van der Waals surface area contributed by atoms with Gasteiger partial charge in [0.25, 0.3) is 5.43 Å². The molecule has 0 unspecified atom stereocenters. The van der Waals surface area contributed by atoms with E-state index < -0.39 is 16.6 Å². The van der Waals surface area contributed by atoms with E-state index in [0.29, 0.717) is 4.91 Å². The average Bonchev–Trinajstić information content (AvgIpc) is 2.99. The number of aromatic hydroxyl groups is 1. The van der Waals surface area contributed by atoms with E-state index in [1.165, 1.54) is 27.8 Å². The molecule has 86 valence electrons. The van der Waals surface area contributed by atoms with Crippen molar-refractivity contribution in [3.05, 3.63) is 50.7 Å². The highest BCUT2D eigenvalue weighted by atomic mass is 32.2. The quantitative estimate of drug-likeness (QED) is 0.800. The minimum absolute atomic E-state index is 0.170. The van der Waals surface area contributed by atoms with Gasteiger partial charge in [-0.1, -0.05) is 47.0 Å². The second kappa shape index (κ2) is 4.31. The molecular formula is C10H4O3S4. The van der Waals surface area contributed by atoms with Gasteiger partial charge < -0.3 is 5.11 Å². The summed E-state index contributed by atoms with van der Waals surface area (Å²) in [6, 6.07) is 0. The first-order chi connectivity index (χ1) is 8.18. The molecule has 2 heterocycles. The van der Waals surface area contributed by atoms with Crippen molar-refractivity contribution in [1.29, 1.82) is 0 Å². The molecule has 3 nitrogen and oxygen atoms in total. The van der Waals surface area contributed by atoms with Gasteiger partial charge in [-0.05, 0) is 16.2 Å². The van der Waals surface area contributed by atoms with Gasteiger partial charge in [0.2, 0.25) is 5.43 Å². The Morgan fingerprint density at radius 3 is 2.29 bits per heavy atom. The number of rotatable bonds is 1.